The number of esters is 2. The lowest BCUT2D eigenvalue weighted by molar-refractivity contribution is -0.128. The molecule has 0 bridgehead atoms. The van der Waals surface area contributed by atoms with Gasteiger partial charge < -0.3 is 19.5 Å². The smallest absolute Gasteiger partial charge is 0.338 e. The van der Waals surface area contributed by atoms with Gasteiger partial charge >= 0.3 is 11.9 Å². The largest absolute Gasteiger partial charge is 0.497 e. The molecule has 2 amide bonds. The van der Waals surface area contributed by atoms with E-state index < -0.39 is 17.2 Å². The number of aliphatic imine (C=N–C) groups is 1. The maximum Gasteiger partial charge on any atom is 0.338 e. The highest BCUT2D eigenvalue weighted by atomic mass is 32.2. The highest BCUT2D eigenvalue weighted by molar-refractivity contribution is 8.15. The van der Waals surface area contributed by atoms with E-state index in [1.807, 2.05) is 24.3 Å². The molecule has 0 saturated carbocycles. The number of hydrogen-bond acceptors (Lipinski definition) is 9. The van der Waals surface area contributed by atoms with Gasteiger partial charge in [0, 0.05) is 18.7 Å². The van der Waals surface area contributed by atoms with Gasteiger partial charge in [0.1, 0.15) is 11.0 Å². The van der Waals surface area contributed by atoms with Crippen molar-refractivity contribution in [2.24, 2.45) is 4.99 Å². The monoisotopic (exact) mass is 589 g/mol. The van der Waals surface area contributed by atoms with E-state index in [-0.39, 0.29) is 24.8 Å². The highest BCUT2D eigenvalue weighted by Gasteiger charge is 2.39. The number of anilines is 1. The molecule has 1 aliphatic rings. The van der Waals surface area contributed by atoms with Crippen LogP contribution in [0, 0.1) is 0 Å². The van der Waals surface area contributed by atoms with Crippen LogP contribution in [0.3, 0.4) is 0 Å². The van der Waals surface area contributed by atoms with Gasteiger partial charge in [-0.3, -0.25) is 14.5 Å². The van der Waals surface area contributed by atoms with E-state index in [0.29, 0.717) is 40.6 Å². The van der Waals surface area contributed by atoms with Crippen LogP contribution < -0.4 is 10.1 Å². The number of thioether (sulfide) groups is 1. The van der Waals surface area contributed by atoms with Gasteiger partial charge in [0.25, 0.3) is 0 Å². The summed E-state index contributed by atoms with van der Waals surface area (Å²) in [5.74, 6) is -0.716. The lowest BCUT2D eigenvalue weighted by Gasteiger charge is -2.17. The molecule has 0 radical (unpaired) electrons. The van der Waals surface area contributed by atoms with Crippen LogP contribution in [-0.2, 0) is 25.5 Å². The second kappa shape index (κ2) is 14.3. The Balaban J connectivity index is 1.49. The Morgan fingerprint density at radius 1 is 0.905 bits per heavy atom. The molecule has 42 heavy (non-hydrogen) atoms. The average molecular weight is 590 g/mol. The fraction of sp³-hybridized carbons (Fsp3) is 0.258. The molecule has 1 saturated heterocycles. The first-order valence-corrected chi connectivity index (χ1v) is 14.1. The molecular weight excluding hydrogens is 558 g/mol. The van der Waals surface area contributed by atoms with Crippen LogP contribution in [0.1, 0.15) is 39.6 Å². The number of amides is 2. The van der Waals surface area contributed by atoms with E-state index in [1.165, 1.54) is 18.9 Å². The molecule has 1 heterocycles. The van der Waals surface area contributed by atoms with Gasteiger partial charge in [-0.15, -0.1) is 0 Å². The van der Waals surface area contributed by atoms with E-state index in [4.69, 9.17) is 14.2 Å². The first-order valence-electron chi connectivity index (χ1n) is 13.3. The predicted octanol–water partition coefficient (Wildman–Crippen LogP) is 4.86. The molecule has 0 aliphatic carbocycles. The molecule has 0 aromatic heterocycles. The fourth-order valence-electron chi connectivity index (χ4n) is 4.15. The minimum atomic E-state index is -0.673. The maximum atomic E-state index is 13.5. The molecule has 1 N–H and O–H groups in total. The van der Waals surface area contributed by atoms with Crippen LogP contribution in [-0.4, -0.2) is 66.4 Å². The first kappa shape index (κ1) is 30.3. The van der Waals surface area contributed by atoms with Crippen molar-refractivity contribution in [1.29, 1.82) is 0 Å². The van der Waals surface area contributed by atoms with Gasteiger partial charge in [-0.1, -0.05) is 23.9 Å². The minimum Gasteiger partial charge on any atom is -0.497 e. The van der Waals surface area contributed by atoms with Crippen molar-refractivity contribution in [3.05, 3.63) is 89.5 Å². The summed E-state index contributed by atoms with van der Waals surface area (Å²) in [5, 5.41) is 2.57. The summed E-state index contributed by atoms with van der Waals surface area (Å²) in [7, 11) is 2.90. The molecule has 3 aromatic rings. The van der Waals surface area contributed by atoms with Crippen molar-refractivity contribution in [2.45, 2.75) is 25.0 Å². The summed E-state index contributed by atoms with van der Waals surface area (Å²) in [5.41, 5.74) is 2.84. The third-order valence-corrected chi connectivity index (χ3v) is 7.54. The van der Waals surface area contributed by atoms with Crippen molar-refractivity contribution in [3.63, 3.8) is 0 Å². The third-order valence-electron chi connectivity index (χ3n) is 6.37. The van der Waals surface area contributed by atoms with Crippen LogP contribution in [0.4, 0.5) is 11.4 Å². The fourth-order valence-corrected chi connectivity index (χ4v) is 5.33. The van der Waals surface area contributed by atoms with Gasteiger partial charge in [0.2, 0.25) is 11.8 Å². The van der Waals surface area contributed by atoms with E-state index in [0.717, 1.165) is 11.3 Å². The number of rotatable bonds is 11. The molecular formula is C31H31N3O7S. The molecule has 4 rings (SSSR count). The third kappa shape index (κ3) is 7.76. The number of amidine groups is 1. The van der Waals surface area contributed by atoms with Crippen molar-refractivity contribution in [1.82, 2.24) is 4.90 Å². The summed E-state index contributed by atoms with van der Waals surface area (Å²) in [6, 6.07) is 20.5. The van der Waals surface area contributed by atoms with Gasteiger partial charge in [-0.05, 0) is 79.6 Å². The van der Waals surface area contributed by atoms with E-state index >= 15 is 0 Å². The van der Waals surface area contributed by atoms with Crippen molar-refractivity contribution < 1.29 is 33.4 Å². The number of carbonyl (C=O) groups is 4. The Bertz CT molecular complexity index is 1460. The lowest BCUT2D eigenvalue weighted by Crippen LogP contribution is -2.35. The predicted molar refractivity (Wildman–Crippen MR) is 160 cm³/mol. The van der Waals surface area contributed by atoms with Gasteiger partial charge in [-0.25, -0.2) is 14.6 Å². The Kier molecular flexibility index (Phi) is 10.3. The zero-order valence-corrected chi connectivity index (χ0v) is 24.3. The Labute approximate surface area is 248 Å². The van der Waals surface area contributed by atoms with Gasteiger partial charge in [0.15, 0.2) is 5.17 Å². The lowest BCUT2D eigenvalue weighted by atomic mass is 10.1. The SMILES string of the molecule is CCOC(=O)c1ccc(N=C2SC(CC(=O)Nc3ccc(C(=O)OC)cc3)C(=O)N2CCc2ccc(OC)cc2)cc1. The standard InChI is InChI=1S/C31H31N3O7S/c1-4-41-30(38)22-9-13-24(14-10-22)33-31-34(18-17-20-5-15-25(39-2)16-6-20)28(36)26(42-31)19-27(35)32-23-11-7-21(8-12-23)29(37)40-3/h5-16,26H,4,17-19H2,1-3H3,(H,32,35). The zero-order chi connectivity index (χ0) is 30.1. The van der Waals surface area contributed by atoms with Crippen LogP contribution in [0.15, 0.2) is 77.8 Å². The highest BCUT2D eigenvalue weighted by Crippen LogP contribution is 2.32. The average Bonchev–Trinajstić information content (AvgIpc) is 3.29. The number of nitrogens with one attached hydrogen (secondary N) is 1. The Hall–Kier alpha value is -4.64. The molecule has 218 valence electrons. The Morgan fingerprint density at radius 3 is 2.17 bits per heavy atom. The number of carbonyl (C=O) groups excluding carboxylic acids is 4. The molecule has 0 spiro atoms. The molecule has 10 nitrogen and oxygen atoms in total. The topological polar surface area (TPSA) is 124 Å². The van der Waals surface area contributed by atoms with E-state index in [9.17, 15) is 19.2 Å². The quantitative estimate of drug-likeness (QED) is 0.315. The summed E-state index contributed by atoms with van der Waals surface area (Å²) < 4.78 is 15.0. The minimum absolute atomic E-state index is 0.0674. The molecule has 1 unspecified atom stereocenters. The van der Waals surface area contributed by atoms with Crippen LogP contribution in [0.25, 0.3) is 0 Å². The summed E-state index contributed by atoms with van der Waals surface area (Å²) >= 11 is 1.22. The van der Waals surface area contributed by atoms with Gasteiger partial charge in [0.05, 0.1) is 37.6 Å². The van der Waals surface area contributed by atoms with Crippen molar-refractivity contribution >= 4 is 52.1 Å². The summed E-state index contributed by atoms with van der Waals surface area (Å²) in [6.07, 6.45) is 0.505. The number of ether oxygens (including phenoxy) is 3. The molecule has 1 atom stereocenters. The van der Waals surface area contributed by atoms with E-state index in [2.05, 4.69) is 10.3 Å². The number of benzene rings is 3. The molecule has 11 heteroatoms. The number of nitrogens with zero attached hydrogens (tertiary/aromatic N) is 2. The summed E-state index contributed by atoms with van der Waals surface area (Å²) in [4.78, 5) is 56.3. The zero-order valence-electron chi connectivity index (χ0n) is 23.5. The first-order chi connectivity index (χ1) is 20.3. The number of methoxy groups -OCH3 is 2. The Morgan fingerprint density at radius 2 is 1.55 bits per heavy atom. The number of hydrogen-bond donors (Lipinski definition) is 1. The van der Waals surface area contributed by atoms with Crippen LogP contribution in [0.5, 0.6) is 5.75 Å². The second-order valence-corrected chi connectivity index (χ2v) is 10.3. The molecule has 1 fully saturated rings. The second-order valence-electron chi connectivity index (χ2n) is 9.18. The maximum absolute atomic E-state index is 13.5. The van der Waals surface area contributed by atoms with Crippen LogP contribution >= 0.6 is 11.8 Å². The molecule has 3 aromatic carbocycles. The summed E-state index contributed by atoms with van der Waals surface area (Å²) in [6.45, 7) is 2.38. The van der Waals surface area contributed by atoms with Gasteiger partial charge in [-0.2, -0.15) is 0 Å². The van der Waals surface area contributed by atoms with E-state index in [1.54, 1.807) is 67.5 Å². The normalized spacial score (nSPS) is 15.4. The molecule has 1 aliphatic heterocycles. The van der Waals surface area contributed by atoms with Crippen molar-refractivity contribution in [2.75, 3.05) is 32.7 Å². The van der Waals surface area contributed by atoms with Crippen LogP contribution in [0.2, 0.25) is 0 Å². The van der Waals surface area contributed by atoms with Crippen molar-refractivity contribution in [3.8, 4) is 5.75 Å².